The standard InChI is InChI=1S/C15H21NO4S/c1-12(17)16-14-9-5-6-10-15(14)20-21(18,19)11-13-7-3-2-4-8-13/h5-6,9-10,13H,2-4,7-8,11H2,1H3,(H,16,17). The fourth-order valence-corrected chi connectivity index (χ4v) is 4.04. The molecule has 2 rings (SSSR count). The lowest BCUT2D eigenvalue weighted by atomic mass is 9.91. The van der Waals surface area contributed by atoms with Crippen molar-refractivity contribution in [3.8, 4) is 5.75 Å². The van der Waals surface area contributed by atoms with Crippen molar-refractivity contribution in [2.75, 3.05) is 11.1 Å². The Hall–Kier alpha value is -1.56. The molecule has 21 heavy (non-hydrogen) atoms. The number of amides is 1. The van der Waals surface area contributed by atoms with Crippen molar-refractivity contribution in [2.45, 2.75) is 39.0 Å². The van der Waals surface area contributed by atoms with E-state index >= 15 is 0 Å². The molecule has 0 radical (unpaired) electrons. The van der Waals surface area contributed by atoms with Gasteiger partial charge in [-0.25, -0.2) is 0 Å². The maximum Gasteiger partial charge on any atom is 0.309 e. The number of carbonyl (C=O) groups excluding carboxylic acids is 1. The van der Waals surface area contributed by atoms with Crippen LogP contribution in [0.4, 0.5) is 5.69 Å². The predicted octanol–water partition coefficient (Wildman–Crippen LogP) is 2.93. The first-order valence-electron chi connectivity index (χ1n) is 7.25. The Morgan fingerprint density at radius 1 is 1.24 bits per heavy atom. The first-order chi connectivity index (χ1) is 9.96. The van der Waals surface area contributed by atoms with Gasteiger partial charge < -0.3 is 9.50 Å². The highest BCUT2D eigenvalue weighted by Gasteiger charge is 2.23. The van der Waals surface area contributed by atoms with Crippen LogP contribution < -0.4 is 9.50 Å². The van der Waals surface area contributed by atoms with E-state index in [0.717, 1.165) is 25.7 Å². The zero-order chi connectivity index (χ0) is 15.3. The number of rotatable bonds is 5. The van der Waals surface area contributed by atoms with Crippen LogP contribution in [0.15, 0.2) is 24.3 Å². The average molecular weight is 311 g/mol. The highest BCUT2D eigenvalue weighted by atomic mass is 32.2. The number of hydrogen-bond donors (Lipinski definition) is 1. The molecule has 1 amide bonds. The number of benzene rings is 1. The number of para-hydroxylation sites is 2. The van der Waals surface area contributed by atoms with Crippen LogP contribution in [0.5, 0.6) is 5.75 Å². The molecule has 1 N–H and O–H groups in total. The Kier molecular flexibility index (Phi) is 5.22. The van der Waals surface area contributed by atoms with Gasteiger partial charge in [0.1, 0.15) is 0 Å². The Labute approximate surface area is 125 Å². The summed E-state index contributed by atoms with van der Waals surface area (Å²) < 4.78 is 29.5. The molecule has 1 aliphatic carbocycles. The summed E-state index contributed by atoms with van der Waals surface area (Å²) in [6.07, 6.45) is 5.24. The summed E-state index contributed by atoms with van der Waals surface area (Å²) in [4.78, 5) is 11.1. The van der Waals surface area contributed by atoms with E-state index in [9.17, 15) is 13.2 Å². The fourth-order valence-electron chi connectivity index (χ4n) is 2.65. The van der Waals surface area contributed by atoms with Crippen molar-refractivity contribution in [1.82, 2.24) is 0 Å². The van der Waals surface area contributed by atoms with Gasteiger partial charge in [-0.1, -0.05) is 31.4 Å². The van der Waals surface area contributed by atoms with E-state index in [1.165, 1.54) is 13.3 Å². The molecule has 5 nitrogen and oxygen atoms in total. The normalized spacial score (nSPS) is 16.4. The van der Waals surface area contributed by atoms with E-state index in [-0.39, 0.29) is 23.3 Å². The van der Waals surface area contributed by atoms with Gasteiger partial charge in [-0.15, -0.1) is 0 Å². The van der Waals surface area contributed by atoms with E-state index in [0.29, 0.717) is 5.69 Å². The molecule has 1 saturated carbocycles. The molecule has 1 aromatic rings. The Morgan fingerprint density at radius 3 is 2.57 bits per heavy atom. The minimum Gasteiger partial charge on any atom is -0.380 e. The number of nitrogens with one attached hydrogen (secondary N) is 1. The predicted molar refractivity (Wildman–Crippen MR) is 81.7 cm³/mol. The third-order valence-corrected chi connectivity index (χ3v) is 4.89. The van der Waals surface area contributed by atoms with E-state index in [1.54, 1.807) is 24.3 Å². The van der Waals surface area contributed by atoms with Gasteiger partial charge in [0.15, 0.2) is 5.75 Å². The quantitative estimate of drug-likeness (QED) is 0.849. The van der Waals surface area contributed by atoms with E-state index in [4.69, 9.17) is 4.18 Å². The molecule has 0 saturated heterocycles. The van der Waals surface area contributed by atoms with Crippen molar-refractivity contribution in [2.24, 2.45) is 5.92 Å². The lowest BCUT2D eigenvalue weighted by molar-refractivity contribution is -0.114. The third-order valence-electron chi connectivity index (χ3n) is 3.58. The Balaban J connectivity index is 2.07. The maximum absolute atomic E-state index is 12.2. The van der Waals surface area contributed by atoms with Gasteiger partial charge in [0.05, 0.1) is 11.4 Å². The summed E-state index contributed by atoms with van der Waals surface area (Å²) in [7, 11) is -3.64. The molecule has 0 aliphatic heterocycles. The molecule has 1 aliphatic rings. The van der Waals surface area contributed by atoms with Gasteiger partial charge in [-0.2, -0.15) is 8.42 Å². The molecule has 116 valence electrons. The van der Waals surface area contributed by atoms with Gasteiger partial charge in [-0.3, -0.25) is 4.79 Å². The topological polar surface area (TPSA) is 72.5 Å². The van der Waals surface area contributed by atoms with Crippen molar-refractivity contribution in [3.05, 3.63) is 24.3 Å². The number of anilines is 1. The molecule has 0 bridgehead atoms. The molecule has 1 fully saturated rings. The van der Waals surface area contributed by atoms with Crippen molar-refractivity contribution in [3.63, 3.8) is 0 Å². The van der Waals surface area contributed by atoms with Crippen LogP contribution in [0.2, 0.25) is 0 Å². The van der Waals surface area contributed by atoms with Crippen molar-refractivity contribution in [1.29, 1.82) is 0 Å². The first kappa shape index (κ1) is 15.8. The van der Waals surface area contributed by atoms with Gasteiger partial charge >= 0.3 is 10.1 Å². The summed E-state index contributed by atoms with van der Waals surface area (Å²) in [5.41, 5.74) is 0.372. The molecule has 0 unspecified atom stereocenters. The highest BCUT2D eigenvalue weighted by Crippen LogP contribution is 2.28. The van der Waals surface area contributed by atoms with Crippen LogP contribution in [0, 0.1) is 5.92 Å². The second kappa shape index (κ2) is 6.93. The van der Waals surface area contributed by atoms with E-state index < -0.39 is 10.1 Å². The fraction of sp³-hybridized carbons (Fsp3) is 0.533. The van der Waals surface area contributed by atoms with Gasteiger partial charge in [0.2, 0.25) is 5.91 Å². The lowest BCUT2D eigenvalue weighted by Gasteiger charge is -2.21. The van der Waals surface area contributed by atoms with Crippen LogP contribution in [0.3, 0.4) is 0 Å². The smallest absolute Gasteiger partial charge is 0.309 e. The molecule has 0 atom stereocenters. The van der Waals surface area contributed by atoms with Crippen LogP contribution in [-0.4, -0.2) is 20.1 Å². The molecule has 1 aromatic carbocycles. The monoisotopic (exact) mass is 311 g/mol. The average Bonchev–Trinajstić information content (AvgIpc) is 2.41. The summed E-state index contributed by atoms with van der Waals surface area (Å²) in [5.74, 6) is 0.123. The summed E-state index contributed by atoms with van der Waals surface area (Å²) >= 11 is 0. The zero-order valence-electron chi connectivity index (χ0n) is 12.2. The molecule has 0 spiro atoms. The lowest BCUT2D eigenvalue weighted by Crippen LogP contribution is -2.23. The molecular formula is C15H21NO4S. The van der Waals surface area contributed by atoms with E-state index in [1.807, 2.05) is 0 Å². The summed E-state index contributed by atoms with van der Waals surface area (Å²) in [5, 5.41) is 2.57. The minimum absolute atomic E-state index is 0.0431. The summed E-state index contributed by atoms with van der Waals surface area (Å²) in [6.45, 7) is 1.37. The zero-order valence-corrected chi connectivity index (χ0v) is 13.0. The van der Waals surface area contributed by atoms with Crippen LogP contribution in [0.1, 0.15) is 39.0 Å². The molecule has 6 heteroatoms. The van der Waals surface area contributed by atoms with Gasteiger partial charge in [0.25, 0.3) is 0 Å². The maximum atomic E-state index is 12.2. The van der Waals surface area contributed by atoms with E-state index in [2.05, 4.69) is 5.32 Å². The van der Waals surface area contributed by atoms with Crippen LogP contribution >= 0.6 is 0 Å². The Morgan fingerprint density at radius 2 is 1.90 bits per heavy atom. The Bertz CT molecular complexity index is 591. The summed E-state index contributed by atoms with van der Waals surface area (Å²) in [6, 6.07) is 6.55. The second-order valence-corrected chi connectivity index (χ2v) is 7.10. The molecular weight excluding hydrogens is 290 g/mol. The third kappa shape index (κ3) is 5.04. The van der Waals surface area contributed by atoms with Gasteiger partial charge in [0, 0.05) is 6.92 Å². The first-order valence-corrected chi connectivity index (χ1v) is 8.83. The minimum atomic E-state index is -3.64. The van der Waals surface area contributed by atoms with Crippen molar-refractivity contribution >= 4 is 21.7 Å². The van der Waals surface area contributed by atoms with Crippen LogP contribution in [-0.2, 0) is 14.9 Å². The molecule has 0 heterocycles. The van der Waals surface area contributed by atoms with Crippen LogP contribution in [0.25, 0.3) is 0 Å². The number of hydrogen-bond acceptors (Lipinski definition) is 4. The number of carbonyl (C=O) groups is 1. The second-order valence-electron chi connectivity index (χ2n) is 5.49. The van der Waals surface area contributed by atoms with Crippen molar-refractivity contribution < 1.29 is 17.4 Å². The molecule has 0 aromatic heterocycles. The highest BCUT2D eigenvalue weighted by molar-refractivity contribution is 7.87. The van der Waals surface area contributed by atoms with Gasteiger partial charge in [-0.05, 0) is 30.9 Å². The largest absolute Gasteiger partial charge is 0.380 e. The SMILES string of the molecule is CC(=O)Nc1ccccc1OS(=O)(=O)CC1CCCCC1.